The van der Waals surface area contributed by atoms with Crippen LogP contribution in [0.4, 0.5) is 0 Å². The molecule has 1 aromatic carbocycles. The SMILES string of the molecule is Cc1c(C#CCO)cccc1C(=O)NC1CCC(C)CC1. The number of carbonyl (C=O) groups excluding carboxylic acids is 1. The van der Waals surface area contributed by atoms with E-state index in [1.807, 2.05) is 25.1 Å². The van der Waals surface area contributed by atoms with Gasteiger partial charge in [-0.25, -0.2) is 0 Å². The largest absolute Gasteiger partial charge is 0.384 e. The summed E-state index contributed by atoms with van der Waals surface area (Å²) in [6, 6.07) is 5.84. The molecule has 3 heteroatoms. The first kappa shape index (κ1) is 15.6. The maximum Gasteiger partial charge on any atom is 0.251 e. The Kier molecular flexibility index (Phi) is 5.41. The van der Waals surface area contributed by atoms with Crippen LogP contribution in [0.3, 0.4) is 0 Å². The number of aliphatic hydroxyl groups excluding tert-OH is 1. The Morgan fingerprint density at radius 1 is 1.33 bits per heavy atom. The predicted molar refractivity (Wildman–Crippen MR) is 84.0 cm³/mol. The van der Waals surface area contributed by atoms with Crippen molar-refractivity contribution in [1.82, 2.24) is 5.32 Å². The van der Waals surface area contributed by atoms with Gasteiger partial charge in [-0.15, -0.1) is 0 Å². The monoisotopic (exact) mass is 285 g/mol. The van der Waals surface area contributed by atoms with Gasteiger partial charge in [0.05, 0.1) is 0 Å². The summed E-state index contributed by atoms with van der Waals surface area (Å²) in [6.45, 7) is 4.00. The average molecular weight is 285 g/mol. The molecule has 3 nitrogen and oxygen atoms in total. The molecule has 0 atom stereocenters. The first-order valence-corrected chi connectivity index (χ1v) is 7.62. The molecule has 0 heterocycles. The van der Waals surface area contributed by atoms with Crippen LogP contribution in [0, 0.1) is 24.7 Å². The topological polar surface area (TPSA) is 49.3 Å². The molecule has 0 aromatic heterocycles. The van der Waals surface area contributed by atoms with Crippen molar-refractivity contribution in [1.29, 1.82) is 0 Å². The molecule has 21 heavy (non-hydrogen) atoms. The van der Waals surface area contributed by atoms with Crippen LogP contribution in [0.5, 0.6) is 0 Å². The van der Waals surface area contributed by atoms with E-state index in [0.717, 1.165) is 29.9 Å². The Morgan fingerprint density at radius 3 is 2.71 bits per heavy atom. The third-order valence-corrected chi connectivity index (χ3v) is 4.23. The lowest BCUT2D eigenvalue weighted by Gasteiger charge is -2.27. The standard InChI is InChI=1S/C18H23NO2/c1-13-8-10-16(11-9-13)19-18(21)17-7-3-5-15(14(17)2)6-4-12-20/h3,5,7,13,16,20H,8-12H2,1-2H3,(H,19,21). The molecule has 0 spiro atoms. The second-order valence-corrected chi connectivity index (χ2v) is 5.87. The molecule has 112 valence electrons. The van der Waals surface area contributed by atoms with Crippen molar-refractivity contribution in [3.8, 4) is 11.8 Å². The molecule has 1 aliphatic rings. The molecule has 0 saturated heterocycles. The second kappa shape index (κ2) is 7.28. The van der Waals surface area contributed by atoms with Crippen LogP contribution in [-0.2, 0) is 0 Å². The Morgan fingerprint density at radius 2 is 2.05 bits per heavy atom. The predicted octanol–water partition coefficient (Wildman–Crippen LogP) is 2.65. The Labute approximate surface area is 126 Å². The molecule has 0 unspecified atom stereocenters. The Hall–Kier alpha value is -1.79. The summed E-state index contributed by atoms with van der Waals surface area (Å²) in [5, 5.41) is 11.9. The highest BCUT2D eigenvalue weighted by molar-refractivity contribution is 5.96. The van der Waals surface area contributed by atoms with E-state index in [2.05, 4.69) is 24.1 Å². The van der Waals surface area contributed by atoms with Gasteiger partial charge in [-0.3, -0.25) is 4.79 Å². The fourth-order valence-electron chi connectivity index (χ4n) is 2.82. The molecule has 1 saturated carbocycles. The van der Waals surface area contributed by atoms with Crippen molar-refractivity contribution in [3.05, 3.63) is 34.9 Å². The molecule has 1 aromatic rings. The minimum atomic E-state index is -0.171. The first-order valence-electron chi connectivity index (χ1n) is 7.62. The molecular weight excluding hydrogens is 262 g/mol. The van der Waals surface area contributed by atoms with Crippen molar-refractivity contribution >= 4 is 5.91 Å². The summed E-state index contributed by atoms with van der Waals surface area (Å²) in [6.07, 6.45) is 4.50. The third kappa shape index (κ3) is 4.09. The van der Waals surface area contributed by atoms with E-state index >= 15 is 0 Å². The van der Waals surface area contributed by atoms with Crippen LogP contribution >= 0.6 is 0 Å². The lowest BCUT2D eigenvalue weighted by Crippen LogP contribution is -2.37. The molecule has 2 N–H and O–H groups in total. The summed E-state index contributed by atoms with van der Waals surface area (Å²) in [5.41, 5.74) is 2.35. The zero-order valence-electron chi connectivity index (χ0n) is 12.8. The van der Waals surface area contributed by atoms with Gasteiger partial charge in [0.2, 0.25) is 0 Å². The van der Waals surface area contributed by atoms with E-state index in [1.54, 1.807) is 0 Å². The van der Waals surface area contributed by atoms with Crippen LogP contribution in [0.1, 0.15) is 54.1 Å². The van der Waals surface area contributed by atoms with Crippen molar-refractivity contribution in [2.75, 3.05) is 6.61 Å². The van der Waals surface area contributed by atoms with E-state index < -0.39 is 0 Å². The van der Waals surface area contributed by atoms with Gasteiger partial charge in [-0.05, 0) is 56.2 Å². The summed E-state index contributed by atoms with van der Waals surface area (Å²) in [5.74, 6) is 6.28. The molecule has 0 aliphatic heterocycles. The quantitative estimate of drug-likeness (QED) is 0.821. The number of rotatable bonds is 2. The number of hydrogen-bond donors (Lipinski definition) is 2. The smallest absolute Gasteiger partial charge is 0.251 e. The summed E-state index contributed by atoms with van der Waals surface area (Å²) in [4.78, 5) is 12.4. The summed E-state index contributed by atoms with van der Waals surface area (Å²) < 4.78 is 0. The molecular formula is C18H23NO2. The number of hydrogen-bond acceptors (Lipinski definition) is 2. The van der Waals surface area contributed by atoms with Crippen LogP contribution in [-0.4, -0.2) is 23.7 Å². The Bertz CT molecular complexity index is 560. The summed E-state index contributed by atoms with van der Waals surface area (Å²) >= 11 is 0. The molecule has 2 rings (SSSR count). The minimum Gasteiger partial charge on any atom is -0.384 e. The zero-order chi connectivity index (χ0) is 15.2. The maximum absolute atomic E-state index is 12.4. The van der Waals surface area contributed by atoms with E-state index in [-0.39, 0.29) is 12.5 Å². The van der Waals surface area contributed by atoms with Crippen LogP contribution < -0.4 is 5.32 Å². The number of aliphatic hydroxyl groups is 1. The van der Waals surface area contributed by atoms with Crippen molar-refractivity contribution < 1.29 is 9.90 Å². The lowest BCUT2D eigenvalue weighted by molar-refractivity contribution is 0.0922. The van der Waals surface area contributed by atoms with Gasteiger partial charge in [0.15, 0.2) is 0 Å². The zero-order valence-corrected chi connectivity index (χ0v) is 12.8. The van der Waals surface area contributed by atoms with Crippen molar-refractivity contribution in [3.63, 3.8) is 0 Å². The minimum absolute atomic E-state index is 0.0142. The maximum atomic E-state index is 12.4. The fraction of sp³-hybridized carbons (Fsp3) is 0.500. The van der Waals surface area contributed by atoms with Crippen LogP contribution in [0.25, 0.3) is 0 Å². The molecule has 1 amide bonds. The number of amides is 1. The van der Waals surface area contributed by atoms with Gasteiger partial charge in [-0.2, -0.15) is 0 Å². The normalized spacial score (nSPS) is 21.3. The fourth-order valence-corrected chi connectivity index (χ4v) is 2.82. The number of benzene rings is 1. The average Bonchev–Trinajstić information content (AvgIpc) is 2.48. The third-order valence-electron chi connectivity index (χ3n) is 4.23. The van der Waals surface area contributed by atoms with Crippen LogP contribution in [0.2, 0.25) is 0 Å². The number of carbonyl (C=O) groups is 1. The van der Waals surface area contributed by atoms with E-state index in [0.29, 0.717) is 11.6 Å². The van der Waals surface area contributed by atoms with Crippen molar-refractivity contribution in [2.24, 2.45) is 5.92 Å². The lowest BCUT2D eigenvalue weighted by atomic mass is 9.87. The van der Waals surface area contributed by atoms with Gasteiger partial charge in [0.1, 0.15) is 6.61 Å². The van der Waals surface area contributed by atoms with Gasteiger partial charge in [-0.1, -0.05) is 24.8 Å². The van der Waals surface area contributed by atoms with Gasteiger partial charge < -0.3 is 10.4 Å². The van der Waals surface area contributed by atoms with Gasteiger partial charge in [0, 0.05) is 17.2 Å². The van der Waals surface area contributed by atoms with Gasteiger partial charge >= 0.3 is 0 Å². The second-order valence-electron chi connectivity index (χ2n) is 5.87. The van der Waals surface area contributed by atoms with E-state index in [9.17, 15) is 4.79 Å². The molecule has 1 fully saturated rings. The molecule has 0 bridgehead atoms. The van der Waals surface area contributed by atoms with Crippen LogP contribution in [0.15, 0.2) is 18.2 Å². The van der Waals surface area contributed by atoms with E-state index in [4.69, 9.17) is 5.11 Å². The molecule has 1 aliphatic carbocycles. The summed E-state index contributed by atoms with van der Waals surface area (Å²) in [7, 11) is 0. The van der Waals surface area contributed by atoms with E-state index in [1.165, 1.54) is 12.8 Å². The highest BCUT2D eigenvalue weighted by Gasteiger charge is 2.21. The molecule has 0 radical (unpaired) electrons. The van der Waals surface area contributed by atoms with Crippen molar-refractivity contribution in [2.45, 2.75) is 45.6 Å². The first-order chi connectivity index (χ1) is 10.1. The number of nitrogens with one attached hydrogen (secondary N) is 1. The van der Waals surface area contributed by atoms with Gasteiger partial charge in [0.25, 0.3) is 5.91 Å². The Balaban J connectivity index is 2.09. The highest BCUT2D eigenvalue weighted by atomic mass is 16.2. The highest BCUT2D eigenvalue weighted by Crippen LogP contribution is 2.24.